The van der Waals surface area contributed by atoms with Crippen LogP contribution in [-0.4, -0.2) is 18.6 Å². The molecule has 1 heterocycles. The van der Waals surface area contributed by atoms with Crippen LogP contribution >= 0.6 is 11.6 Å². The zero-order valence-corrected chi connectivity index (χ0v) is 9.84. The third kappa shape index (κ3) is 2.08. The molecule has 2 unspecified atom stereocenters. The molecule has 0 bridgehead atoms. The van der Waals surface area contributed by atoms with E-state index in [0.29, 0.717) is 24.5 Å². The molecule has 0 aromatic heterocycles. The molecule has 0 spiro atoms. The van der Waals surface area contributed by atoms with Gasteiger partial charge in [0.25, 0.3) is 0 Å². The molecule has 88 valence electrons. The molecule has 1 aliphatic heterocycles. The molecule has 1 aliphatic rings. The van der Waals surface area contributed by atoms with Gasteiger partial charge < -0.3 is 9.47 Å². The highest BCUT2D eigenvalue weighted by Gasteiger charge is 2.41. The van der Waals surface area contributed by atoms with Crippen molar-refractivity contribution in [3.8, 4) is 0 Å². The average molecular weight is 245 g/mol. The lowest BCUT2D eigenvalue weighted by molar-refractivity contribution is -0.176. The predicted octanol–water partition coefficient (Wildman–Crippen LogP) is 3.04. The number of alkyl halides is 1. The Hall–Kier alpha value is -0.640. The van der Waals surface area contributed by atoms with Crippen LogP contribution in [0, 0.1) is 5.82 Å². The van der Waals surface area contributed by atoms with Crippen LogP contribution in [0.2, 0.25) is 0 Å². The summed E-state index contributed by atoms with van der Waals surface area (Å²) in [5.41, 5.74) is 0.711. The number of halogens is 2. The van der Waals surface area contributed by atoms with Crippen LogP contribution in [0.4, 0.5) is 4.39 Å². The summed E-state index contributed by atoms with van der Waals surface area (Å²) in [4.78, 5) is 0. The SMILES string of the molecule is CCC1(c2cccc(F)c2)OCC(CCl)O1. The fourth-order valence-corrected chi connectivity index (χ4v) is 2.06. The number of benzene rings is 1. The van der Waals surface area contributed by atoms with Crippen molar-refractivity contribution in [3.05, 3.63) is 35.6 Å². The van der Waals surface area contributed by atoms with Crippen LogP contribution in [0.1, 0.15) is 18.9 Å². The first-order valence-electron chi connectivity index (χ1n) is 5.34. The number of hydrogen-bond acceptors (Lipinski definition) is 2. The summed E-state index contributed by atoms with van der Waals surface area (Å²) in [7, 11) is 0. The minimum Gasteiger partial charge on any atom is -0.343 e. The molecule has 0 aliphatic carbocycles. The van der Waals surface area contributed by atoms with Gasteiger partial charge in [0.2, 0.25) is 0 Å². The maximum Gasteiger partial charge on any atom is 0.195 e. The molecule has 0 N–H and O–H groups in total. The molecular formula is C12H14ClFO2. The van der Waals surface area contributed by atoms with Crippen LogP contribution in [0.5, 0.6) is 0 Å². The molecule has 4 heteroatoms. The van der Waals surface area contributed by atoms with Gasteiger partial charge in [-0.3, -0.25) is 0 Å². The molecule has 1 fully saturated rings. The lowest BCUT2D eigenvalue weighted by Crippen LogP contribution is -2.27. The lowest BCUT2D eigenvalue weighted by Gasteiger charge is -2.27. The Bertz CT molecular complexity index is 372. The van der Waals surface area contributed by atoms with E-state index in [1.54, 1.807) is 6.07 Å². The molecule has 0 amide bonds. The van der Waals surface area contributed by atoms with E-state index in [9.17, 15) is 4.39 Å². The minimum absolute atomic E-state index is 0.120. The van der Waals surface area contributed by atoms with E-state index >= 15 is 0 Å². The van der Waals surface area contributed by atoms with E-state index in [0.717, 1.165) is 0 Å². The Kier molecular flexibility index (Phi) is 3.47. The molecule has 0 saturated carbocycles. The van der Waals surface area contributed by atoms with Gasteiger partial charge in [-0.15, -0.1) is 11.6 Å². The normalized spacial score (nSPS) is 29.6. The van der Waals surface area contributed by atoms with Gasteiger partial charge in [0, 0.05) is 12.0 Å². The number of rotatable bonds is 3. The van der Waals surface area contributed by atoms with Gasteiger partial charge in [0.05, 0.1) is 18.6 Å². The van der Waals surface area contributed by atoms with Crippen LogP contribution in [0.3, 0.4) is 0 Å². The molecule has 1 aromatic rings. The molecule has 1 saturated heterocycles. The topological polar surface area (TPSA) is 18.5 Å². The van der Waals surface area contributed by atoms with Crippen LogP contribution in [0.25, 0.3) is 0 Å². The van der Waals surface area contributed by atoms with Gasteiger partial charge in [0.1, 0.15) is 5.82 Å². The summed E-state index contributed by atoms with van der Waals surface area (Å²) >= 11 is 5.73. The highest BCUT2D eigenvalue weighted by molar-refractivity contribution is 6.18. The number of ether oxygens (including phenoxy) is 2. The lowest BCUT2D eigenvalue weighted by atomic mass is 10.0. The molecule has 2 nitrogen and oxygen atoms in total. The van der Waals surface area contributed by atoms with Gasteiger partial charge in [0.15, 0.2) is 5.79 Å². The summed E-state index contributed by atoms with van der Waals surface area (Å²) in [6.45, 7) is 2.40. The maximum atomic E-state index is 13.2. The van der Waals surface area contributed by atoms with E-state index in [2.05, 4.69) is 0 Å². The van der Waals surface area contributed by atoms with E-state index in [1.165, 1.54) is 12.1 Å². The molecule has 1 aromatic carbocycles. The third-order valence-corrected chi connectivity index (χ3v) is 3.11. The van der Waals surface area contributed by atoms with Crippen LogP contribution < -0.4 is 0 Å². The molecule has 16 heavy (non-hydrogen) atoms. The highest BCUT2D eigenvalue weighted by Crippen LogP contribution is 2.37. The van der Waals surface area contributed by atoms with Crippen molar-refractivity contribution in [2.45, 2.75) is 25.2 Å². The molecule has 2 atom stereocenters. The standard InChI is InChI=1S/C12H14ClFO2/c1-2-12(15-8-11(7-13)16-12)9-4-3-5-10(14)6-9/h3-6,11H,2,7-8H2,1H3. The first kappa shape index (κ1) is 11.8. The summed E-state index contributed by atoms with van der Waals surface area (Å²) in [5.74, 6) is -0.731. The molecular weight excluding hydrogens is 231 g/mol. The summed E-state index contributed by atoms with van der Waals surface area (Å²) in [6.07, 6.45) is 0.508. The highest BCUT2D eigenvalue weighted by atomic mass is 35.5. The second kappa shape index (κ2) is 4.70. The summed E-state index contributed by atoms with van der Waals surface area (Å²) in [5, 5.41) is 0. The zero-order chi connectivity index (χ0) is 11.6. The van der Waals surface area contributed by atoms with Crippen molar-refractivity contribution in [2.24, 2.45) is 0 Å². The Morgan fingerprint density at radius 1 is 1.56 bits per heavy atom. The van der Waals surface area contributed by atoms with E-state index in [1.807, 2.05) is 13.0 Å². The molecule has 0 radical (unpaired) electrons. The van der Waals surface area contributed by atoms with Gasteiger partial charge in [-0.2, -0.15) is 0 Å². The third-order valence-electron chi connectivity index (χ3n) is 2.76. The second-order valence-corrected chi connectivity index (χ2v) is 4.13. The van der Waals surface area contributed by atoms with Gasteiger partial charge in [-0.25, -0.2) is 4.39 Å². The van der Waals surface area contributed by atoms with Gasteiger partial charge in [-0.05, 0) is 12.1 Å². The predicted molar refractivity (Wildman–Crippen MR) is 59.9 cm³/mol. The maximum absolute atomic E-state index is 13.2. The van der Waals surface area contributed by atoms with Crippen molar-refractivity contribution in [1.82, 2.24) is 0 Å². The Morgan fingerprint density at radius 3 is 2.94 bits per heavy atom. The van der Waals surface area contributed by atoms with Crippen molar-refractivity contribution in [2.75, 3.05) is 12.5 Å². The fraction of sp³-hybridized carbons (Fsp3) is 0.500. The Balaban J connectivity index is 2.29. The first-order valence-corrected chi connectivity index (χ1v) is 5.87. The monoisotopic (exact) mass is 244 g/mol. The number of hydrogen-bond donors (Lipinski definition) is 0. The van der Waals surface area contributed by atoms with Gasteiger partial charge in [-0.1, -0.05) is 19.1 Å². The summed E-state index contributed by atoms with van der Waals surface area (Å²) < 4.78 is 24.6. The summed E-state index contributed by atoms with van der Waals surface area (Å²) in [6, 6.07) is 6.31. The van der Waals surface area contributed by atoms with E-state index in [4.69, 9.17) is 21.1 Å². The van der Waals surface area contributed by atoms with Gasteiger partial charge >= 0.3 is 0 Å². The average Bonchev–Trinajstić information content (AvgIpc) is 2.74. The van der Waals surface area contributed by atoms with Crippen molar-refractivity contribution < 1.29 is 13.9 Å². The zero-order valence-electron chi connectivity index (χ0n) is 9.08. The first-order chi connectivity index (χ1) is 7.70. The fourth-order valence-electron chi connectivity index (χ4n) is 1.91. The Morgan fingerprint density at radius 2 is 2.38 bits per heavy atom. The Labute approximate surface area is 99.3 Å². The van der Waals surface area contributed by atoms with Crippen LogP contribution in [-0.2, 0) is 15.3 Å². The van der Waals surface area contributed by atoms with Crippen molar-refractivity contribution in [3.63, 3.8) is 0 Å². The van der Waals surface area contributed by atoms with Crippen LogP contribution in [0.15, 0.2) is 24.3 Å². The van der Waals surface area contributed by atoms with Crippen molar-refractivity contribution in [1.29, 1.82) is 0 Å². The quantitative estimate of drug-likeness (QED) is 0.761. The second-order valence-electron chi connectivity index (χ2n) is 3.82. The smallest absolute Gasteiger partial charge is 0.195 e. The molecule has 2 rings (SSSR count). The largest absolute Gasteiger partial charge is 0.343 e. The van der Waals surface area contributed by atoms with E-state index in [-0.39, 0.29) is 11.9 Å². The minimum atomic E-state index is -0.832. The van der Waals surface area contributed by atoms with E-state index < -0.39 is 5.79 Å². The van der Waals surface area contributed by atoms with Crippen molar-refractivity contribution >= 4 is 11.6 Å².